The number of methoxy groups -OCH3 is 1. The molecule has 1 aliphatic carbocycles. The number of carbonyl (C=O) groups is 1. The van der Waals surface area contributed by atoms with Gasteiger partial charge in [-0.3, -0.25) is 14.9 Å². The van der Waals surface area contributed by atoms with Crippen molar-refractivity contribution in [2.45, 2.75) is 30.9 Å². The van der Waals surface area contributed by atoms with E-state index in [1.54, 1.807) is 12.1 Å². The molecule has 0 radical (unpaired) electrons. The largest absolute Gasteiger partial charge is 0.483 e. The second-order valence-corrected chi connectivity index (χ2v) is 5.83. The number of nitrogens with zero attached hydrogens (tertiary/aromatic N) is 1. The fourth-order valence-electron chi connectivity index (χ4n) is 2.44. The van der Waals surface area contributed by atoms with Crippen molar-refractivity contribution in [3.8, 4) is 5.75 Å². The van der Waals surface area contributed by atoms with Crippen LogP contribution in [0.4, 0.5) is 5.69 Å². The molecule has 1 aromatic rings. The lowest BCUT2D eigenvalue weighted by molar-refractivity contribution is -0.386. The molecule has 114 valence electrons. The van der Waals surface area contributed by atoms with Crippen LogP contribution in [0.5, 0.6) is 5.75 Å². The summed E-state index contributed by atoms with van der Waals surface area (Å²) in [6.07, 6.45) is 0.844. The first-order valence-corrected chi connectivity index (χ1v) is 7.13. The summed E-state index contributed by atoms with van der Waals surface area (Å²) >= 11 is 3.24. The van der Waals surface area contributed by atoms with E-state index in [2.05, 4.69) is 20.7 Å². The number of rotatable bonds is 4. The zero-order chi connectivity index (χ0) is 15.6. The SMILES string of the molecule is COC(=O)C1(N)CCC(Oc2c(Br)cccc2[N+](=O)[O-])C1. The van der Waals surface area contributed by atoms with Crippen LogP contribution in [0.25, 0.3) is 0 Å². The van der Waals surface area contributed by atoms with Gasteiger partial charge in [0.25, 0.3) is 0 Å². The maximum Gasteiger partial charge on any atom is 0.325 e. The molecule has 1 fully saturated rings. The van der Waals surface area contributed by atoms with Gasteiger partial charge in [-0.05, 0) is 34.8 Å². The molecule has 0 saturated heterocycles. The van der Waals surface area contributed by atoms with E-state index in [-0.39, 0.29) is 24.0 Å². The average Bonchev–Trinajstić information content (AvgIpc) is 2.82. The summed E-state index contributed by atoms with van der Waals surface area (Å²) in [5.74, 6) is -0.336. The van der Waals surface area contributed by atoms with Crippen molar-refractivity contribution in [3.63, 3.8) is 0 Å². The molecule has 1 aromatic carbocycles. The van der Waals surface area contributed by atoms with Crippen LogP contribution in [0.1, 0.15) is 19.3 Å². The second-order valence-electron chi connectivity index (χ2n) is 4.98. The zero-order valence-corrected chi connectivity index (χ0v) is 13.0. The van der Waals surface area contributed by atoms with Crippen LogP contribution in [0.15, 0.2) is 22.7 Å². The molecule has 2 N–H and O–H groups in total. The second kappa shape index (κ2) is 5.98. The number of halogens is 1. The van der Waals surface area contributed by atoms with Crippen LogP contribution in [0, 0.1) is 10.1 Å². The summed E-state index contributed by atoms with van der Waals surface area (Å²) in [7, 11) is 1.28. The Balaban J connectivity index is 2.18. The molecule has 7 nitrogen and oxygen atoms in total. The Morgan fingerprint density at radius 3 is 2.90 bits per heavy atom. The quantitative estimate of drug-likeness (QED) is 0.502. The number of hydrogen-bond donors (Lipinski definition) is 1. The highest BCUT2D eigenvalue weighted by Crippen LogP contribution is 2.39. The fraction of sp³-hybridized carbons (Fsp3) is 0.462. The van der Waals surface area contributed by atoms with Crippen molar-refractivity contribution in [2.75, 3.05) is 7.11 Å². The smallest absolute Gasteiger partial charge is 0.325 e. The summed E-state index contributed by atoms with van der Waals surface area (Å²) in [4.78, 5) is 22.2. The predicted octanol–water partition coefficient (Wildman–Crippen LogP) is 2.16. The molecule has 0 heterocycles. The minimum absolute atomic E-state index is 0.128. The normalized spacial score (nSPS) is 24.6. The van der Waals surface area contributed by atoms with Crippen LogP contribution in [-0.2, 0) is 9.53 Å². The molecule has 0 spiro atoms. The lowest BCUT2D eigenvalue weighted by Crippen LogP contribution is -2.47. The molecular formula is C13H15BrN2O5. The molecule has 1 aliphatic rings. The average molecular weight is 359 g/mol. The number of nitrogens with two attached hydrogens (primary N) is 1. The van der Waals surface area contributed by atoms with Crippen molar-refractivity contribution < 1.29 is 19.2 Å². The van der Waals surface area contributed by atoms with E-state index in [9.17, 15) is 14.9 Å². The van der Waals surface area contributed by atoms with Crippen molar-refractivity contribution >= 4 is 27.6 Å². The Morgan fingerprint density at radius 1 is 1.57 bits per heavy atom. The first-order chi connectivity index (χ1) is 9.87. The highest BCUT2D eigenvalue weighted by Gasteiger charge is 2.44. The summed E-state index contributed by atoms with van der Waals surface area (Å²) in [5.41, 5.74) is 4.78. The van der Waals surface area contributed by atoms with Gasteiger partial charge in [0.1, 0.15) is 11.6 Å². The summed E-state index contributed by atoms with van der Waals surface area (Å²) < 4.78 is 10.9. The van der Waals surface area contributed by atoms with Gasteiger partial charge >= 0.3 is 11.7 Å². The van der Waals surface area contributed by atoms with E-state index in [0.717, 1.165) is 0 Å². The molecule has 0 amide bonds. The first-order valence-electron chi connectivity index (χ1n) is 6.34. The highest BCUT2D eigenvalue weighted by atomic mass is 79.9. The van der Waals surface area contributed by atoms with Crippen LogP contribution in [-0.4, -0.2) is 29.6 Å². The van der Waals surface area contributed by atoms with Crippen LogP contribution >= 0.6 is 15.9 Å². The minimum Gasteiger partial charge on any atom is -0.483 e. The molecule has 2 rings (SSSR count). The number of carbonyl (C=O) groups excluding carboxylic acids is 1. The molecule has 8 heteroatoms. The van der Waals surface area contributed by atoms with E-state index in [1.165, 1.54) is 13.2 Å². The molecule has 2 unspecified atom stereocenters. The van der Waals surface area contributed by atoms with E-state index >= 15 is 0 Å². The Hall–Kier alpha value is -1.67. The Morgan fingerprint density at radius 2 is 2.29 bits per heavy atom. The number of nitro groups is 1. The van der Waals surface area contributed by atoms with Crippen molar-refractivity contribution in [2.24, 2.45) is 5.73 Å². The van der Waals surface area contributed by atoms with E-state index in [1.807, 2.05) is 0 Å². The summed E-state index contributed by atoms with van der Waals surface area (Å²) in [5, 5.41) is 11.0. The number of hydrogen-bond acceptors (Lipinski definition) is 6. The van der Waals surface area contributed by atoms with E-state index in [0.29, 0.717) is 17.3 Å². The number of benzene rings is 1. The van der Waals surface area contributed by atoms with Crippen molar-refractivity contribution in [1.29, 1.82) is 0 Å². The van der Waals surface area contributed by atoms with Crippen LogP contribution in [0.2, 0.25) is 0 Å². The monoisotopic (exact) mass is 358 g/mol. The maximum atomic E-state index is 11.7. The van der Waals surface area contributed by atoms with Gasteiger partial charge in [-0.25, -0.2) is 0 Å². The van der Waals surface area contributed by atoms with Gasteiger partial charge < -0.3 is 15.2 Å². The lowest BCUT2D eigenvalue weighted by atomic mass is 10.00. The zero-order valence-electron chi connectivity index (χ0n) is 11.4. The molecule has 0 aromatic heterocycles. The Kier molecular flexibility index (Phi) is 4.48. The third kappa shape index (κ3) is 3.16. The van der Waals surface area contributed by atoms with Gasteiger partial charge in [-0.15, -0.1) is 0 Å². The third-order valence-corrected chi connectivity index (χ3v) is 4.15. The van der Waals surface area contributed by atoms with Crippen molar-refractivity contribution in [3.05, 3.63) is 32.8 Å². The van der Waals surface area contributed by atoms with Gasteiger partial charge in [0.2, 0.25) is 5.75 Å². The highest BCUT2D eigenvalue weighted by molar-refractivity contribution is 9.10. The van der Waals surface area contributed by atoms with Gasteiger partial charge in [0.05, 0.1) is 16.5 Å². The van der Waals surface area contributed by atoms with Crippen LogP contribution < -0.4 is 10.5 Å². The van der Waals surface area contributed by atoms with E-state index in [4.69, 9.17) is 10.5 Å². The molecule has 1 saturated carbocycles. The molecule has 21 heavy (non-hydrogen) atoms. The lowest BCUT2D eigenvalue weighted by Gasteiger charge is -2.21. The van der Waals surface area contributed by atoms with Gasteiger partial charge in [0, 0.05) is 12.5 Å². The van der Waals surface area contributed by atoms with Gasteiger partial charge in [-0.2, -0.15) is 0 Å². The van der Waals surface area contributed by atoms with Crippen LogP contribution in [0.3, 0.4) is 0 Å². The fourth-order valence-corrected chi connectivity index (χ4v) is 2.89. The predicted molar refractivity (Wildman–Crippen MR) is 78.0 cm³/mol. The maximum absolute atomic E-state index is 11.7. The number of para-hydroxylation sites is 1. The van der Waals surface area contributed by atoms with Crippen molar-refractivity contribution in [1.82, 2.24) is 0 Å². The van der Waals surface area contributed by atoms with Gasteiger partial charge in [-0.1, -0.05) is 6.07 Å². The minimum atomic E-state index is -1.09. The molecule has 2 atom stereocenters. The summed E-state index contributed by atoms with van der Waals surface area (Å²) in [6, 6.07) is 4.59. The standard InChI is InChI=1S/C13H15BrN2O5/c1-20-12(17)13(15)6-5-8(7-13)21-11-9(14)3-2-4-10(11)16(18)19/h2-4,8H,5-7,15H2,1H3. The molecule has 0 bridgehead atoms. The number of ether oxygens (including phenoxy) is 2. The third-order valence-electron chi connectivity index (χ3n) is 3.52. The number of esters is 1. The Labute approximate surface area is 129 Å². The van der Waals surface area contributed by atoms with E-state index < -0.39 is 16.4 Å². The van der Waals surface area contributed by atoms with Gasteiger partial charge in [0.15, 0.2) is 0 Å². The Bertz CT molecular complexity index is 580. The molecular weight excluding hydrogens is 344 g/mol. The topological polar surface area (TPSA) is 105 Å². The number of nitro benzene ring substituents is 1. The summed E-state index contributed by atoms with van der Waals surface area (Å²) in [6.45, 7) is 0. The first kappa shape index (κ1) is 15.7. The molecule has 0 aliphatic heterocycles.